The van der Waals surface area contributed by atoms with Crippen LogP contribution in [0.25, 0.3) is 0 Å². The number of hydrogen-bond donors (Lipinski definition) is 1. The molecule has 4 rings (SSSR count). The van der Waals surface area contributed by atoms with Crippen molar-refractivity contribution in [3.8, 4) is 0 Å². The maximum Gasteiger partial charge on any atom is 0.242 e. The third-order valence-electron chi connectivity index (χ3n) is 5.33. The first-order chi connectivity index (χ1) is 12.2. The molecule has 8 nitrogen and oxygen atoms in total. The maximum atomic E-state index is 12.7. The Morgan fingerprint density at radius 1 is 1.40 bits per heavy atom. The van der Waals surface area contributed by atoms with Crippen molar-refractivity contribution in [1.82, 2.24) is 29.6 Å². The normalized spacial score (nSPS) is 23.4. The van der Waals surface area contributed by atoms with Crippen molar-refractivity contribution in [2.24, 2.45) is 11.8 Å². The van der Waals surface area contributed by atoms with Gasteiger partial charge < -0.3 is 14.2 Å². The molecule has 2 fully saturated rings. The molecule has 0 unspecified atom stereocenters. The van der Waals surface area contributed by atoms with Crippen molar-refractivity contribution in [3.63, 3.8) is 0 Å². The van der Waals surface area contributed by atoms with E-state index in [9.17, 15) is 4.79 Å². The molecule has 25 heavy (non-hydrogen) atoms. The van der Waals surface area contributed by atoms with Gasteiger partial charge in [0.05, 0.1) is 6.33 Å². The lowest BCUT2D eigenvalue weighted by atomic mass is 9.91. The van der Waals surface area contributed by atoms with Crippen molar-refractivity contribution in [3.05, 3.63) is 29.9 Å². The van der Waals surface area contributed by atoms with E-state index in [1.807, 2.05) is 16.4 Å². The fourth-order valence-corrected chi connectivity index (χ4v) is 3.78. The number of imidazole rings is 1. The second-order valence-corrected chi connectivity index (χ2v) is 7.14. The van der Waals surface area contributed by atoms with E-state index < -0.39 is 0 Å². The predicted octanol–water partition coefficient (Wildman–Crippen LogP) is 1.11. The lowest BCUT2D eigenvalue weighted by Gasteiger charge is -2.17. The van der Waals surface area contributed by atoms with Crippen LogP contribution >= 0.6 is 0 Å². The fourth-order valence-electron chi connectivity index (χ4n) is 3.78. The molecule has 0 radical (unpaired) electrons. The van der Waals surface area contributed by atoms with Gasteiger partial charge in [0.25, 0.3) is 0 Å². The first-order valence-electron chi connectivity index (χ1n) is 8.80. The number of methoxy groups -OCH3 is 1. The average Bonchev–Trinajstić information content (AvgIpc) is 2.99. The number of likely N-dealkylation sites (tertiary alicyclic amines) is 1. The Hall–Kier alpha value is -2.22. The first kappa shape index (κ1) is 16.3. The van der Waals surface area contributed by atoms with Gasteiger partial charge in [-0.3, -0.25) is 9.89 Å². The summed E-state index contributed by atoms with van der Waals surface area (Å²) in [5, 5.41) is 7.34. The highest BCUT2D eigenvalue weighted by atomic mass is 16.5. The van der Waals surface area contributed by atoms with Crippen LogP contribution in [0.15, 0.2) is 12.5 Å². The summed E-state index contributed by atoms with van der Waals surface area (Å²) in [6.45, 7) is 4.23. The molecular weight excluding hydrogens is 320 g/mol. The van der Waals surface area contributed by atoms with Crippen molar-refractivity contribution >= 4 is 5.91 Å². The molecule has 2 aliphatic rings. The predicted molar refractivity (Wildman–Crippen MR) is 89.6 cm³/mol. The number of aromatic nitrogens is 5. The van der Waals surface area contributed by atoms with Crippen molar-refractivity contribution < 1.29 is 9.53 Å². The Kier molecular flexibility index (Phi) is 4.29. The summed E-state index contributed by atoms with van der Waals surface area (Å²) in [7, 11) is 1.64. The van der Waals surface area contributed by atoms with E-state index in [-0.39, 0.29) is 11.8 Å². The highest BCUT2D eigenvalue weighted by Crippen LogP contribution is 2.47. The fraction of sp³-hybridized carbons (Fsp3) is 0.647. The minimum atomic E-state index is 0.141. The minimum absolute atomic E-state index is 0.141. The lowest BCUT2D eigenvalue weighted by Crippen LogP contribution is -2.32. The molecule has 8 heteroatoms. The quantitative estimate of drug-likeness (QED) is 0.848. The van der Waals surface area contributed by atoms with Crippen LogP contribution in [0, 0.1) is 18.8 Å². The van der Waals surface area contributed by atoms with Gasteiger partial charge in [0, 0.05) is 38.0 Å². The third kappa shape index (κ3) is 3.30. The highest BCUT2D eigenvalue weighted by molar-refractivity contribution is 5.76. The Labute approximate surface area is 146 Å². The monoisotopic (exact) mass is 344 g/mol. The van der Waals surface area contributed by atoms with Crippen LogP contribution in [-0.4, -0.2) is 55.7 Å². The largest absolute Gasteiger partial charge is 0.377 e. The second kappa shape index (κ2) is 6.59. The number of rotatable bonds is 6. The highest BCUT2D eigenvalue weighted by Gasteiger charge is 2.45. The van der Waals surface area contributed by atoms with Crippen molar-refractivity contribution in [2.75, 3.05) is 20.2 Å². The van der Waals surface area contributed by atoms with Gasteiger partial charge in [-0.1, -0.05) is 0 Å². The van der Waals surface area contributed by atoms with Gasteiger partial charge in [-0.25, -0.2) is 9.97 Å². The Morgan fingerprint density at radius 2 is 2.24 bits per heavy atom. The van der Waals surface area contributed by atoms with Crippen LogP contribution in [0.3, 0.4) is 0 Å². The smallest absolute Gasteiger partial charge is 0.242 e. The SMILES string of the molecule is COCc1nc([C@H]2CN(C(=O)Cn3cncc3C)C[C@@H]2C2CC2)n[nH]1. The number of amides is 1. The number of hydrogen-bond acceptors (Lipinski definition) is 5. The zero-order valence-corrected chi connectivity index (χ0v) is 14.7. The van der Waals surface area contributed by atoms with Crippen LogP contribution < -0.4 is 0 Å². The molecule has 2 aromatic rings. The Balaban J connectivity index is 1.48. The van der Waals surface area contributed by atoms with E-state index in [4.69, 9.17) is 4.74 Å². The summed E-state index contributed by atoms with van der Waals surface area (Å²) in [5.41, 5.74) is 1.00. The van der Waals surface area contributed by atoms with Crippen LogP contribution in [0.5, 0.6) is 0 Å². The van der Waals surface area contributed by atoms with Crippen LogP contribution in [-0.2, 0) is 22.7 Å². The Morgan fingerprint density at radius 3 is 2.92 bits per heavy atom. The molecule has 0 bridgehead atoms. The summed E-state index contributed by atoms with van der Waals surface area (Å²) < 4.78 is 7.01. The molecule has 1 aliphatic heterocycles. The van der Waals surface area contributed by atoms with Gasteiger partial charge in [-0.05, 0) is 31.6 Å². The third-order valence-corrected chi connectivity index (χ3v) is 5.33. The molecule has 2 atom stereocenters. The summed E-state index contributed by atoms with van der Waals surface area (Å²) in [4.78, 5) is 23.4. The lowest BCUT2D eigenvalue weighted by molar-refractivity contribution is -0.131. The van der Waals surface area contributed by atoms with E-state index in [2.05, 4.69) is 20.2 Å². The van der Waals surface area contributed by atoms with Crippen molar-refractivity contribution in [2.45, 2.75) is 38.8 Å². The molecule has 1 amide bonds. The zero-order chi connectivity index (χ0) is 17.4. The van der Waals surface area contributed by atoms with Gasteiger partial charge in [0.2, 0.25) is 5.91 Å². The van der Waals surface area contributed by atoms with Crippen LogP contribution in [0.1, 0.15) is 36.1 Å². The summed E-state index contributed by atoms with van der Waals surface area (Å²) >= 11 is 0. The first-order valence-corrected chi connectivity index (χ1v) is 8.80. The molecule has 1 saturated heterocycles. The number of aryl methyl sites for hydroxylation is 1. The summed E-state index contributed by atoms with van der Waals surface area (Å²) in [6.07, 6.45) is 5.99. The molecule has 134 valence electrons. The number of nitrogens with one attached hydrogen (secondary N) is 1. The summed E-state index contributed by atoms with van der Waals surface area (Å²) in [5.74, 6) is 3.06. The van der Waals surface area contributed by atoms with Crippen molar-refractivity contribution in [1.29, 1.82) is 0 Å². The second-order valence-electron chi connectivity index (χ2n) is 7.14. The van der Waals surface area contributed by atoms with Gasteiger partial charge in [0.15, 0.2) is 11.6 Å². The standard InChI is InChI=1S/C17H24N6O2/c1-11-5-18-10-23(11)8-16(24)22-6-13(12-3-4-12)14(7-22)17-19-15(9-25-2)20-21-17/h5,10,12-14H,3-4,6-9H2,1-2H3,(H,19,20,21)/t13-,14+/m1/s1. The summed E-state index contributed by atoms with van der Waals surface area (Å²) in [6, 6.07) is 0. The molecule has 1 saturated carbocycles. The number of ether oxygens (including phenoxy) is 1. The molecule has 0 aromatic carbocycles. The van der Waals surface area contributed by atoms with Crippen LogP contribution in [0.4, 0.5) is 0 Å². The number of aromatic amines is 1. The number of H-pyrrole nitrogens is 1. The average molecular weight is 344 g/mol. The van der Waals surface area contributed by atoms with E-state index in [0.29, 0.717) is 31.5 Å². The van der Waals surface area contributed by atoms with Gasteiger partial charge >= 0.3 is 0 Å². The number of carbonyl (C=O) groups is 1. The van der Waals surface area contributed by atoms with Crippen LogP contribution in [0.2, 0.25) is 0 Å². The molecular formula is C17H24N6O2. The molecule has 1 aliphatic carbocycles. The Bertz CT molecular complexity index is 750. The molecule has 3 heterocycles. The van der Waals surface area contributed by atoms with Gasteiger partial charge in [-0.15, -0.1) is 0 Å². The van der Waals surface area contributed by atoms with E-state index in [1.165, 1.54) is 12.8 Å². The minimum Gasteiger partial charge on any atom is -0.377 e. The molecule has 0 spiro atoms. The number of carbonyl (C=O) groups excluding carboxylic acids is 1. The zero-order valence-electron chi connectivity index (χ0n) is 14.7. The van der Waals surface area contributed by atoms with Gasteiger partial charge in [0.1, 0.15) is 13.2 Å². The maximum absolute atomic E-state index is 12.7. The number of nitrogens with zero attached hydrogens (tertiary/aromatic N) is 5. The van der Waals surface area contributed by atoms with E-state index >= 15 is 0 Å². The van der Waals surface area contributed by atoms with Gasteiger partial charge in [-0.2, -0.15) is 5.10 Å². The molecule has 1 N–H and O–H groups in total. The molecule has 2 aromatic heterocycles. The van der Waals surface area contributed by atoms with E-state index in [1.54, 1.807) is 19.6 Å². The van der Waals surface area contributed by atoms with E-state index in [0.717, 1.165) is 23.9 Å². The topological polar surface area (TPSA) is 88.9 Å².